The van der Waals surface area contributed by atoms with Crippen molar-refractivity contribution in [2.45, 2.75) is 31.7 Å². The second-order valence-electron chi connectivity index (χ2n) is 9.75. The van der Waals surface area contributed by atoms with Gasteiger partial charge in [-0.1, -0.05) is 41.9 Å². The van der Waals surface area contributed by atoms with Gasteiger partial charge in [-0.25, -0.2) is 4.79 Å². The predicted molar refractivity (Wildman–Crippen MR) is 132 cm³/mol. The number of amides is 4. The van der Waals surface area contributed by atoms with Gasteiger partial charge >= 0.3 is 5.97 Å². The van der Waals surface area contributed by atoms with Crippen molar-refractivity contribution in [1.82, 2.24) is 15.8 Å². The van der Waals surface area contributed by atoms with Gasteiger partial charge in [-0.15, -0.1) is 0 Å². The first-order chi connectivity index (χ1) is 17.8. The number of fused-ring (bicyclic) bond motifs is 5. The summed E-state index contributed by atoms with van der Waals surface area (Å²) in [6, 6.07) is 13.9. The largest absolute Gasteiger partial charge is 0.454 e. The Hall–Kier alpha value is -3.72. The van der Waals surface area contributed by atoms with Gasteiger partial charge in [0.05, 0.1) is 11.8 Å². The molecule has 2 aliphatic carbocycles. The standard InChI is InChI=1S/C27H26ClN3O6/c28-19-10-8-16(9-11-19)24(33)30-29-21(32)14-37-27(36)20(12-15-4-2-1-3-5-15)31-25(34)22-17-6-7-18(13-17)23(22)26(31)35/h1-5,8-11,17-18,20,22-23H,6-7,12-14H2,(H,29,32)(H,30,33)/t17-,18-,20-,22-,23-/m0/s1. The van der Waals surface area contributed by atoms with Gasteiger partial charge in [0, 0.05) is 17.0 Å². The SMILES string of the molecule is O=C(COC(=O)[C@H](Cc1ccccc1)N1C(=O)[C@H]2[C@H]3CC[C@@H](C3)[C@@H]2C1=O)NNC(=O)c1ccc(Cl)cc1. The number of nitrogens with zero attached hydrogens (tertiary/aromatic N) is 1. The van der Waals surface area contributed by atoms with Gasteiger partial charge in [0.15, 0.2) is 6.61 Å². The lowest BCUT2D eigenvalue weighted by molar-refractivity contribution is -0.160. The monoisotopic (exact) mass is 523 g/mol. The van der Waals surface area contributed by atoms with Crippen LogP contribution in [0.25, 0.3) is 0 Å². The fourth-order valence-electron chi connectivity index (χ4n) is 5.93. The van der Waals surface area contributed by atoms with E-state index in [9.17, 15) is 24.0 Å². The first-order valence-corrected chi connectivity index (χ1v) is 12.6. The predicted octanol–water partition coefficient (Wildman–Crippen LogP) is 2.29. The highest BCUT2D eigenvalue weighted by Gasteiger charge is 2.62. The Balaban J connectivity index is 1.24. The molecule has 2 bridgehead atoms. The Morgan fingerprint density at radius 1 is 0.919 bits per heavy atom. The number of carbonyl (C=O) groups is 5. The van der Waals surface area contributed by atoms with Crippen LogP contribution in [0.2, 0.25) is 5.02 Å². The fourth-order valence-corrected chi connectivity index (χ4v) is 6.05. The van der Waals surface area contributed by atoms with Gasteiger partial charge in [0.25, 0.3) is 11.8 Å². The number of hydrazine groups is 1. The number of nitrogens with one attached hydrogen (secondary N) is 2. The lowest BCUT2D eigenvalue weighted by Crippen LogP contribution is -2.49. The average Bonchev–Trinajstić information content (AvgIpc) is 3.59. The summed E-state index contributed by atoms with van der Waals surface area (Å²) in [4.78, 5) is 65.4. The molecule has 1 heterocycles. The first kappa shape index (κ1) is 25.0. The Kier molecular flexibility index (Phi) is 6.97. The molecule has 2 aromatic carbocycles. The summed E-state index contributed by atoms with van der Waals surface area (Å²) in [5.74, 6) is -3.22. The molecule has 37 heavy (non-hydrogen) atoms. The molecule has 0 unspecified atom stereocenters. The van der Waals surface area contributed by atoms with E-state index in [2.05, 4.69) is 10.9 Å². The number of rotatable bonds is 7. The molecule has 5 atom stereocenters. The zero-order valence-electron chi connectivity index (χ0n) is 19.9. The fraction of sp³-hybridized carbons (Fsp3) is 0.370. The van der Waals surface area contributed by atoms with E-state index in [4.69, 9.17) is 16.3 Å². The molecule has 0 spiro atoms. The maximum atomic E-state index is 13.4. The number of ether oxygens (including phenoxy) is 1. The van der Waals surface area contributed by atoms with Gasteiger partial charge in [-0.3, -0.25) is 34.9 Å². The van der Waals surface area contributed by atoms with E-state index in [0.29, 0.717) is 5.02 Å². The lowest BCUT2D eigenvalue weighted by atomic mass is 9.81. The molecule has 0 aromatic heterocycles. The molecule has 5 rings (SSSR count). The molecule has 192 valence electrons. The molecule has 4 amide bonds. The number of esters is 1. The van der Waals surface area contributed by atoms with Gasteiger partial charge in [-0.05, 0) is 60.9 Å². The number of halogens is 1. The molecule has 3 fully saturated rings. The van der Waals surface area contributed by atoms with Crippen LogP contribution in [0.15, 0.2) is 54.6 Å². The van der Waals surface area contributed by atoms with E-state index in [1.807, 2.05) is 6.07 Å². The molecule has 2 saturated carbocycles. The maximum absolute atomic E-state index is 13.4. The van der Waals surface area contributed by atoms with E-state index in [0.717, 1.165) is 29.7 Å². The highest BCUT2D eigenvalue weighted by atomic mass is 35.5. The molecule has 9 nitrogen and oxygen atoms in total. The van der Waals surface area contributed by atoms with E-state index in [-0.39, 0.29) is 47.5 Å². The second-order valence-corrected chi connectivity index (χ2v) is 10.2. The van der Waals surface area contributed by atoms with E-state index in [1.165, 1.54) is 24.3 Å². The summed E-state index contributed by atoms with van der Waals surface area (Å²) in [7, 11) is 0. The number of carbonyl (C=O) groups excluding carboxylic acids is 5. The quantitative estimate of drug-likeness (QED) is 0.326. The topological polar surface area (TPSA) is 122 Å². The van der Waals surface area contributed by atoms with Gasteiger partial charge in [0.1, 0.15) is 6.04 Å². The minimum atomic E-state index is -1.18. The van der Waals surface area contributed by atoms with Gasteiger partial charge in [-0.2, -0.15) is 0 Å². The Bertz CT molecular complexity index is 1210. The van der Waals surface area contributed by atoms with Crippen LogP contribution in [0.3, 0.4) is 0 Å². The number of benzene rings is 2. The summed E-state index contributed by atoms with van der Waals surface area (Å²) in [6.45, 7) is -0.695. The Morgan fingerprint density at radius 2 is 1.54 bits per heavy atom. The summed E-state index contributed by atoms with van der Waals surface area (Å²) in [6.07, 6.45) is 2.82. The van der Waals surface area contributed by atoms with Crippen LogP contribution >= 0.6 is 11.6 Å². The maximum Gasteiger partial charge on any atom is 0.330 e. The zero-order valence-corrected chi connectivity index (χ0v) is 20.6. The Labute approximate surface area is 218 Å². The third kappa shape index (κ3) is 4.96. The molecule has 3 aliphatic rings. The van der Waals surface area contributed by atoms with Gasteiger partial charge < -0.3 is 4.74 Å². The van der Waals surface area contributed by atoms with Crippen molar-refractivity contribution in [3.63, 3.8) is 0 Å². The van der Waals surface area contributed by atoms with E-state index < -0.39 is 30.4 Å². The molecule has 0 radical (unpaired) electrons. The van der Waals surface area contributed by atoms with Gasteiger partial charge in [0.2, 0.25) is 11.8 Å². The number of likely N-dealkylation sites (tertiary alicyclic amines) is 1. The molecule has 1 saturated heterocycles. The van der Waals surface area contributed by atoms with Crippen LogP contribution in [0.5, 0.6) is 0 Å². The normalized spacial score (nSPS) is 24.5. The molecule has 10 heteroatoms. The van der Waals surface area contributed by atoms with Crippen LogP contribution in [-0.4, -0.2) is 47.1 Å². The number of hydrogen-bond acceptors (Lipinski definition) is 6. The van der Waals surface area contributed by atoms with Crippen molar-refractivity contribution in [2.75, 3.05) is 6.61 Å². The summed E-state index contributed by atoms with van der Waals surface area (Å²) < 4.78 is 5.23. The van der Waals surface area contributed by atoms with Crippen molar-refractivity contribution in [2.24, 2.45) is 23.7 Å². The minimum Gasteiger partial charge on any atom is -0.454 e. The lowest BCUT2D eigenvalue weighted by Gasteiger charge is -2.26. The summed E-state index contributed by atoms with van der Waals surface area (Å²) in [5, 5.41) is 0.462. The average molecular weight is 524 g/mol. The summed E-state index contributed by atoms with van der Waals surface area (Å²) in [5.41, 5.74) is 5.44. The van der Waals surface area contributed by atoms with Crippen molar-refractivity contribution in [3.05, 3.63) is 70.7 Å². The molecule has 2 N–H and O–H groups in total. The third-order valence-corrected chi connectivity index (χ3v) is 7.84. The van der Waals surface area contributed by atoms with Crippen molar-refractivity contribution in [3.8, 4) is 0 Å². The van der Waals surface area contributed by atoms with Crippen LogP contribution < -0.4 is 10.9 Å². The zero-order chi connectivity index (χ0) is 26.1. The van der Waals surface area contributed by atoms with Crippen LogP contribution in [0.1, 0.15) is 35.2 Å². The van der Waals surface area contributed by atoms with Crippen LogP contribution in [-0.2, 0) is 30.3 Å². The van der Waals surface area contributed by atoms with E-state index >= 15 is 0 Å². The van der Waals surface area contributed by atoms with Crippen molar-refractivity contribution in [1.29, 1.82) is 0 Å². The molecular weight excluding hydrogens is 498 g/mol. The highest BCUT2D eigenvalue weighted by molar-refractivity contribution is 6.30. The van der Waals surface area contributed by atoms with E-state index in [1.54, 1.807) is 24.3 Å². The third-order valence-electron chi connectivity index (χ3n) is 7.58. The molecular formula is C27H26ClN3O6. The smallest absolute Gasteiger partial charge is 0.330 e. The highest BCUT2D eigenvalue weighted by Crippen LogP contribution is 2.56. The van der Waals surface area contributed by atoms with Crippen molar-refractivity contribution >= 4 is 41.2 Å². The minimum absolute atomic E-state index is 0.0842. The van der Waals surface area contributed by atoms with Crippen LogP contribution in [0.4, 0.5) is 0 Å². The summed E-state index contributed by atoms with van der Waals surface area (Å²) >= 11 is 5.81. The first-order valence-electron chi connectivity index (χ1n) is 12.3. The molecule has 1 aliphatic heterocycles. The van der Waals surface area contributed by atoms with Crippen LogP contribution in [0, 0.1) is 23.7 Å². The number of hydrogen-bond donors (Lipinski definition) is 2. The number of imide groups is 1. The van der Waals surface area contributed by atoms with Crippen molar-refractivity contribution < 1.29 is 28.7 Å². The Morgan fingerprint density at radius 3 is 2.16 bits per heavy atom. The second kappa shape index (κ2) is 10.3. The molecule has 2 aromatic rings.